The Hall–Kier alpha value is -2.96. The maximum absolute atomic E-state index is 13.0. The topological polar surface area (TPSA) is 73.0 Å². The Bertz CT molecular complexity index is 1120. The third kappa shape index (κ3) is 3.00. The number of aromatic nitrogens is 4. The number of para-hydroxylation sites is 1. The predicted molar refractivity (Wildman–Crippen MR) is 109 cm³/mol. The smallest absolute Gasteiger partial charge is 0.264 e. The summed E-state index contributed by atoms with van der Waals surface area (Å²) in [5.74, 6) is 0.625. The van der Waals surface area contributed by atoms with E-state index in [1.54, 1.807) is 22.4 Å². The van der Waals surface area contributed by atoms with E-state index in [0.29, 0.717) is 29.9 Å². The van der Waals surface area contributed by atoms with Gasteiger partial charge < -0.3 is 4.90 Å². The van der Waals surface area contributed by atoms with Crippen molar-refractivity contribution in [2.45, 2.75) is 52.6 Å². The molecule has 3 aromatic rings. The van der Waals surface area contributed by atoms with E-state index in [2.05, 4.69) is 16.1 Å². The first kappa shape index (κ1) is 18.4. The maximum Gasteiger partial charge on any atom is 0.264 e. The van der Waals surface area contributed by atoms with Gasteiger partial charge in [-0.25, -0.2) is 9.67 Å². The minimum absolute atomic E-state index is 0.0294. The fourth-order valence-electron chi connectivity index (χ4n) is 3.80. The quantitative estimate of drug-likeness (QED) is 0.701. The van der Waals surface area contributed by atoms with Gasteiger partial charge in [0.2, 0.25) is 5.91 Å². The molecule has 0 bridgehead atoms. The molecular formula is C21H25N5O2. The molecule has 7 nitrogen and oxygen atoms in total. The molecule has 28 heavy (non-hydrogen) atoms. The van der Waals surface area contributed by atoms with E-state index in [0.717, 1.165) is 12.1 Å². The Kier molecular flexibility index (Phi) is 4.33. The molecule has 0 aliphatic carbocycles. The summed E-state index contributed by atoms with van der Waals surface area (Å²) >= 11 is 0. The molecule has 0 atom stereocenters. The van der Waals surface area contributed by atoms with Gasteiger partial charge in [-0.15, -0.1) is 0 Å². The largest absolute Gasteiger partial charge is 0.312 e. The normalized spacial score (nSPS) is 13.9. The van der Waals surface area contributed by atoms with Crippen LogP contribution in [0.25, 0.3) is 11.0 Å². The molecule has 1 aliphatic rings. The maximum atomic E-state index is 13.0. The van der Waals surface area contributed by atoms with Crippen LogP contribution in [0, 0.1) is 6.92 Å². The zero-order valence-electron chi connectivity index (χ0n) is 16.8. The van der Waals surface area contributed by atoms with Crippen LogP contribution < -0.4 is 10.5 Å². The number of hydrogen-bond acceptors (Lipinski definition) is 4. The lowest BCUT2D eigenvalue weighted by molar-refractivity contribution is -0.118. The molecule has 4 rings (SSSR count). The Morgan fingerprint density at radius 3 is 2.71 bits per heavy atom. The third-order valence-corrected chi connectivity index (χ3v) is 5.25. The zero-order chi connectivity index (χ0) is 20.1. The molecular weight excluding hydrogens is 354 g/mol. The number of rotatable bonds is 3. The van der Waals surface area contributed by atoms with Gasteiger partial charge >= 0.3 is 0 Å². The highest BCUT2D eigenvalue weighted by molar-refractivity contribution is 5.95. The van der Waals surface area contributed by atoms with Crippen LogP contribution in [0.3, 0.4) is 0 Å². The molecule has 1 aromatic carbocycles. The molecule has 7 heteroatoms. The number of fused-ring (bicyclic) bond motifs is 2. The molecule has 2 aromatic heterocycles. The first-order valence-electron chi connectivity index (χ1n) is 9.61. The lowest BCUT2D eigenvalue weighted by Gasteiger charge is -2.20. The van der Waals surface area contributed by atoms with Crippen LogP contribution in [-0.2, 0) is 23.3 Å². The average Bonchev–Trinajstić information content (AvgIpc) is 3.25. The van der Waals surface area contributed by atoms with Crippen molar-refractivity contribution in [2.24, 2.45) is 0 Å². The summed E-state index contributed by atoms with van der Waals surface area (Å²) in [5.41, 5.74) is 2.36. The number of anilines is 1. The van der Waals surface area contributed by atoms with Gasteiger partial charge in [0.25, 0.3) is 5.56 Å². The van der Waals surface area contributed by atoms with Gasteiger partial charge in [0.05, 0.1) is 11.7 Å². The van der Waals surface area contributed by atoms with Crippen molar-refractivity contribution in [1.82, 2.24) is 19.3 Å². The van der Waals surface area contributed by atoms with Crippen molar-refractivity contribution in [1.29, 1.82) is 0 Å². The molecule has 3 heterocycles. The molecule has 146 valence electrons. The van der Waals surface area contributed by atoms with Gasteiger partial charge in [-0.05, 0) is 45.7 Å². The summed E-state index contributed by atoms with van der Waals surface area (Å²) in [6.07, 6.45) is 2.71. The van der Waals surface area contributed by atoms with Gasteiger partial charge in [-0.3, -0.25) is 14.2 Å². The van der Waals surface area contributed by atoms with E-state index in [9.17, 15) is 9.59 Å². The van der Waals surface area contributed by atoms with Crippen LogP contribution in [0.5, 0.6) is 0 Å². The number of benzene rings is 1. The molecule has 0 radical (unpaired) electrons. The van der Waals surface area contributed by atoms with Crippen LogP contribution in [0.4, 0.5) is 5.69 Å². The van der Waals surface area contributed by atoms with E-state index >= 15 is 0 Å². The van der Waals surface area contributed by atoms with Crippen molar-refractivity contribution in [2.75, 3.05) is 11.4 Å². The minimum atomic E-state index is -0.265. The Balaban J connectivity index is 1.59. The van der Waals surface area contributed by atoms with Gasteiger partial charge in [0, 0.05) is 25.2 Å². The number of aryl methyl sites for hydroxylation is 1. The zero-order valence-corrected chi connectivity index (χ0v) is 16.8. The molecule has 0 fully saturated rings. The Morgan fingerprint density at radius 1 is 1.21 bits per heavy atom. The second-order valence-corrected chi connectivity index (χ2v) is 8.25. The van der Waals surface area contributed by atoms with E-state index in [-0.39, 0.29) is 23.4 Å². The summed E-state index contributed by atoms with van der Waals surface area (Å²) in [5, 5.41) is 4.84. The highest BCUT2D eigenvalue weighted by Crippen LogP contribution is 2.28. The molecule has 0 spiro atoms. The number of amides is 1. The summed E-state index contributed by atoms with van der Waals surface area (Å²) in [7, 11) is 0. The number of carbonyl (C=O) groups excluding carboxylic acids is 1. The SMILES string of the molecule is Cc1nc2c(cnn2C(C)(C)C)c(=O)n1CCC(=O)N1CCc2ccccc21. The second kappa shape index (κ2) is 6.58. The van der Waals surface area contributed by atoms with Crippen LogP contribution in [0.2, 0.25) is 0 Å². The van der Waals surface area contributed by atoms with E-state index in [4.69, 9.17) is 0 Å². The molecule has 0 saturated heterocycles. The lowest BCUT2D eigenvalue weighted by atomic mass is 10.1. The highest BCUT2D eigenvalue weighted by Gasteiger charge is 2.25. The van der Waals surface area contributed by atoms with Gasteiger partial charge in [-0.2, -0.15) is 5.10 Å². The average molecular weight is 379 g/mol. The van der Waals surface area contributed by atoms with Crippen molar-refractivity contribution in [3.05, 3.63) is 52.2 Å². The van der Waals surface area contributed by atoms with Crippen LogP contribution in [0.15, 0.2) is 35.3 Å². The van der Waals surface area contributed by atoms with Crippen LogP contribution in [-0.4, -0.2) is 31.8 Å². The highest BCUT2D eigenvalue weighted by atomic mass is 16.2. The van der Waals surface area contributed by atoms with E-state index in [1.807, 2.05) is 43.9 Å². The monoisotopic (exact) mass is 379 g/mol. The summed E-state index contributed by atoms with van der Waals surface area (Å²) in [4.78, 5) is 32.2. The first-order chi connectivity index (χ1) is 13.3. The summed E-state index contributed by atoms with van der Waals surface area (Å²) in [6, 6.07) is 7.98. The second-order valence-electron chi connectivity index (χ2n) is 8.25. The number of hydrogen-bond donors (Lipinski definition) is 0. The number of nitrogens with zero attached hydrogens (tertiary/aromatic N) is 5. The minimum Gasteiger partial charge on any atom is -0.312 e. The first-order valence-corrected chi connectivity index (χ1v) is 9.61. The summed E-state index contributed by atoms with van der Waals surface area (Å²) in [6.45, 7) is 8.88. The fraction of sp³-hybridized carbons (Fsp3) is 0.429. The van der Waals surface area contributed by atoms with Crippen LogP contribution in [0.1, 0.15) is 38.6 Å². The molecule has 0 unspecified atom stereocenters. The summed E-state index contributed by atoms with van der Waals surface area (Å²) < 4.78 is 3.35. The lowest BCUT2D eigenvalue weighted by Crippen LogP contribution is -2.32. The Labute approximate surface area is 163 Å². The van der Waals surface area contributed by atoms with Crippen molar-refractivity contribution in [3.63, 3.8) is 0 Å². The predicted octanol–water partition coefficient (Wildman–Crippen LogP) is 2.64. The molecule has 0 N–H and O–H groups in total. The fourth-order valence-corrected chi connectivity index (χ4v) is 3.80. The molecule has 1 aliphatic heterocycles. The third-order valence-electron chi connectivity index (χ3n) is 5.25. The van der Waals surface area contributed by atoms with Gasteiger partial charge in [0.1, 0.15) is 11.2 Å². The standard InChI is InChI=1S/C21H25N5O2/c1-14-23-19-16(13-22-26(19)21(2,3)4)20(28)24(14)12-10-18(27)25-11-9-15-7-5-6-8-17(15)25/h5-8,13H,9-12H2,1-4H3. The number of carbonyl (C=O) groups is 1. The van der Waals surface area contributed by atoms with Crippen molar-refractivity contribution >= 4 is 22.6 Å². The molecule has 0 saturated carbocycles. The van der Waals surface area contributed by atoms with Gasteiger partial charge in [-0.1, -0.05) is 18.2 Å². The van der Waals surface area contributed by atoms with Gasteiger partial charge in [0.15, 0.2) is 5.65 Å². The van der Waals surface area contributed by atoms with E-state index in [1.165, 1.54) is 5.56 Å². The van der Waals surface area contributed by atoms with Crippen LogP contribution >= 0.6 is 0 Å². The van der Waals surface area contributed by atoms with Crippen molar-refractivity contribution in [3.8, 4) is 0 Å². The van der Waals surface area contributed by atoms with E-state index < -0.39 is 0 Å². The Morgan fingerprint density at radius 2 is 1.96 bits per heavy atom. The van der Waals surface area contributed by atoms with Crippen molar-refractivity contribution < 1.29 is 4.79 Å². The molecule has 1 amide bonds.